The fourth-order valence-electron chi connectivity index (χ4n) is 3.96. The zero-order chi connectivity index (χ0) is 18.3. The molecule has 1 aliphatic carbocycles. The SMILES string of the molecule is CC(C)(C)CC(=O)N1CCCC1C(=O)NCCNC1CCCCCC1. The molecule has 1 atom stereocenters. The van der Waals surface area contributed by atoms with Crippen LogP contribution in [0.4, 0.5) is 0 Å². The number of carbonyl (C=O) groups excluding carboxylic acids is 2. The first-order valence-electron chi connectivity index (χ1n) is 10.2. The van der Waals surface area contributed by atoms with Crippen molar-refractivity contribution in [2.24, 2.45) is 5.41 Å². The maximum absolute atomic E-state index is 12.5. The fraction of sp³-hybridized carbons (Fsp3) is 0.900. The molecule has 1 heterocycles. The lowest BCUT2D eigenvalue weighted by molar-refractivity contribution is -0.139. The number of hydrogen-bond donors (Lipinski definition) is 2. The van der Waals surface area contributed by atoms with E-state index in [4.69, 9.17) is 0 Å². The van der Waals surface area contributed by atoms with Crippen LogP contribution in [0.5, 0.6) is 0 Å². The molecule has 0 bridgehead atoms. The Morgan fingerprint density at radius 2 is 1.64 bits per heavy atom. The average Bonchev–Trinajstić information content (AvgIpc) is 2.88. The molecular weight excluding hydrogens is 314 g/mol. The lowest BCUT2D eigenvalue weighted by atomic mass is 9.91. The molecule has 5 nitrogen and oxygen atoms in total. The van der Waals surface area contributed by atoms with E-state index in [9.17, 15) is 9.59 Å². The molecule has 2 aliphatic rings. The van der Waals surface area contributed by atoms with Crippen molar-refractivity contribution >= 4 is 11.8 Å². The lowest BCUT2D eigenvalue weighted by Crippen LogP contribution is -2.48. The Bertz CT molecular complexity index is 437. The summed E-state index contributed by atoms with van der Waals surface area (Å²) in [5.74, 6) is 0.129. The van der Waals surface area contributed by atoms with Gasteiger partial charge in [0, 0.05) is 32.1 Å². The monoisotopic (exact) mass is 351 g/mol. The predicted molar refractivity (Wildman–Crippen MR) is 101 cm³/mol. The second kappa shape index (κ2) is 9.56. The van der Waals surface area contributed by atoms with Gasteiger partial charge < -0.3 is 15.5 Å². The molecule has 144 valence electrons. The molecule has 0 spiro atoms. The third kappa shape index (κ3) is 6.96. The van der Waals surface area contributed by atoms with E-state index in [-0.39, 0.29) is 23.3 Å². The summed E-state index contributed by atoms with van der Waals surface area (Å²) in [6, 6.07) is 0.337. The highest BCUT2D eigenvalue weighted by Crippen LogP contribution is 2.24. The second-order valence-corrected chi connectivity index (χ2v) is 8.92. The van der Waals surface area contributed by atoms with Crippen LogP contribution in [-0.2, 0) is 9.59 Å². The number of rotatable bonds is 6. The Morgan fingerprint density at radius 3 is 2.28 bits per heavy atom. The molecule has 2 fully saturated rings. The van der Waals surface area contributed by atoms with E-state index < -0.39 is 0 Å². The van der Waals surface area contributed by atoms with Gasteiger partial charge in [0.2, 0.25) is 11.8 Å². The summed E-state index contributed by atoms with van der Waals surface area (Å²) < 4.78 is 0. The van der Waals surface area contributed by atoms with Crippen molar-refractivity contribution in [3.05, 3.63) is 0 Å². The van der Waals surface area contributed by atoms with E-state index in [1.807, 2.05) is 0 Å². The van der Waals surface area contributed by atoms with E-state index in [1.165, 1.54) is 38.5 Å². The van der Waals surface area contributed by atoms with Crippen molar-refractivity contribution in [1.29, 1.82) is 0 Å². The van der Waals surface area contributed by atoms with E-state index in [0.717, 1.165) is 19.4 Å². The van der Waals surface area contributed by atoms with Crippen molar-refractivity contribution in [1.82, 2.24) is 15.5 Å². The van der Waals surface area contributed by atoms with Gasteiger partial charge in [0.05, 0.1) is 0 Å². The molecule has 0 aromatic heterocycles. The van der Waals surface area contributed by atoms with Gasteiger partial charge in [-0.15, -0.1) is 0 Å². The number of hydrogen-bond acceptors (Lipinski definition) is 3. The van der Waals surface area contributed by atoms with Crippen molar-refractivity contribution in [2.75, 3.05) is 19.6 Å². The van der Waals surface area contributed by atoms with E-state index in [1.54, 1.807) is 4.90 Å². The summed E-state index contributed by atoms with van der Waals surface area (Å²) in [6.45, 7) is 8.37. The molecule has 2 amide bonds. The van der Waals surface area contributed by atoms with Gasteiger partial charge in [-0.3, -0.25) is 9.59 Å². The van der Waals surface area contributed by atoms with Crippen molar-refractivity contribution < 1.29 is 9.59 Å². The first-order chi connectivity index (χ1) is 11.9. The van der Waals surface area contributed by atoms with Crippen LogP contribution in [0.15, 0.2) is 0 Å². The zero-order valence-electron chi connectivity index (χ0n) is 16.4. The first-order valence-corrected chi connectivity index (χ1v) is 10.2. The summed E-state index contributed by atoms with van der Waals surface area (Å²) in [7, 11) is 0. The van der Waals surface area contributed by atoms with Crippen LogP contribution in [0.3, 0.4) is 0 Å². The van der Waals surface area contributed by atoms with Gasteiger partial charge in [-0.05, 0) is 31.1 Å². The molecule has 1 aliphatic heterocycles. The van der Waals surface area contributed by atoms with Gasteiger partial charge in [0.25, 0.3) is 0 Å². The van der Waals surface area contributed by atoms with Gasteiger partial charge in [-0.25, -0.2) is 0 Å². The maximum atomic E-state index is 12.5. The predicted octanol–water partition coefficient (Wildman–Crippen LogP) is 2.84. The third-order valence-corrected chi connectivity index (χ3v) is 5.27. The summed E-state index contributed by atoms with van der Waals surface area (Å²) in [6.07, 6.45) is 10.1. The van der Waals surface area contributed by atoms with Gasteiger partial charge in [-0.1, -0.05) is 46.5 Å². The fourth-order valence-corrected chi connectivity index (χ4v) is 3.96. The van der Waals surface area contributed by atoms with Crippen molar-refractivity contribution in [3.8, 4) is 0 Å². The Kier molecular flexibility index (Phi) is 7.73. The highest BCUT2D eigenvalue weighted by Gasteiger charge is 2.35. The van der Waals surface area contributed by atoms with Crippen LogP contribution in [0, 0.1) is 5.41 Å². The molecule has 0 aromatic carbocycles. The number of amides is 2. The normalized spacial score (nSPS) is 22.7. The number of nitrogens with one attached hydrogen (secondary N) is 2. The van der Waals surface area contributed by atoms with Gasteiger partial charge in [0.15, 0.2) is 0 Å². The minimum atomic E-state index is -0.271. The molecule has 1 saturated carbocycles. The van der Waals surface area contributed by atoms with E-state index >= 15 is 0 Å². The third-order valence-electron chi connectivity index (χ3n) is 5.27. The van der Waals surface area contributed by atoms with Crippen LogP contribution in [-0.4, -0.2) is 48.4 Å². The lowest BCUT2D eigenvalue weighted by Gasteiger charge is -2.27. The molecule has 5 heteroatoms. The van der Waals surface area contributed by atoms with Gasteiger partial charge in [0.1, 0.15) is 6.04 Å². The molecule has 0 radical (unpaired) electrons. The Labute approximate surface area is 153 Å². The molecule has 1 unspecified atom stereocenters. The minimum Gasteiger partial charge on any atom is -0.353 e. The van der Waals surface area contributed by atoms with Crippen LogP contribution in [0.1, 0.15) is 78.6 Å². The average molecular weight is 352 g/mol. The number of carbonyl (C=O) groups is 2. The van der Waals surface area contributed by atoms with E-state index in [0.29, 0.717) is 25.6 Å². The molecule has 2 rings (SSSR count). The Morgan fingerprint density at radius 1 is 0.960 bits per heavy atom. The standard InChI is InChI=1S/C20H37N3O2/c1-20(2,3)15-18(24)23-14-8-11-17(23)19(25)22-13-12-21-16-9-6-4-5-7-10-16/h16-17,21H,4-15H2,1-3H3,(H,22,25). The van der Waals surface area contributed by atoms with Crippen molar-refractivity contribution in [2.45, 2.75) is 90.6 Å². The topological polar surface area (TPSA) is 61.4 Å². The highest BCUT2D eigenvalue weighted by molar-refractivity contribution is 5.88. The second-order valence-electron chi connectivity index (χ2n) is 8.92. The number of likely N-dealkylation sites (tertiary alicyclic amines) is 1. The molecule has 0 aromatic rings. The van der Waals surface area contributed by atoms with Crippen LogP contribution >= 0.6 is 0 Å². The quantitative estimate of drug-likeness (QED) is 0.571. The smallest absolute Gasteiger partial charge is 0.242 e. The zero-order valence-corrected chi connectivity index (χ0v) is 16.4. The molecule has 1 saturated heterocycles. The summed E-state index contributed by atoms with van der Waals surface area (Å²) in [5, 5.41) is 6.61. The van der Waals surface area contributed by atoms with Crippen LogP contribution < -0.4 is 10.6 Å². The highest BCUT2D eigenvalue weighted by atomic mass is 16.2. The van der Waals surface area contributed by atoms with E-state index in [2.05, 4.69) is 31.4 Å². The summed E-state index contributed by atoms with van der Waals surface area (Å²) in [5.41, 5.74) is -0.0384. The van der Waals surface area contributed by atoms with Gasteiger partial charge in [-0.2, -0.15) is 0 Å². The Hall–Kier alpha value is -1.10. The Balaban J connectivity index is 1.71. The van der Waals surface area contributed by atoms with Crippen LogP contribution in [0.2, 0.25) is 0 Å². The molecule has 25 heavy (non-hydrogen) atoms. The minimum absolute atomic E-state index is 0.0161. The maximum Gasteiger partial charge on any atom is 0.242 e. The molecular formula is C20H37N3O2. The summed E-state index contributed by atoms with van der Waals surface area (Å²) in [4.78, 5) is 26.8. The molecule has 2 N–H and O–H groups in total. The van der Waals surface area contributed by atoms with Crippen LogP contribution in [0.25, 0.3) is 0 Å². The summed E-state index contributed by atoms with van der Waals surface area (Å²) >= 11 is 0. The largest absolute Gasteiger partial charge is 0.353 e. The van der Waals surface area contributed by atoms with Gasteiger partial charge >= 0.3 is 0 Å². The van der Waals surface area contributed by atoms with Crippen molar-refractivity contribution in [3.63, 3.8) is 0 Å². The first kappa shape index (κ1) is 20.2. The number of nitrogens with zero attached hydrogens (tertiary/aromatic N) is 1.